The fraction of sp³-hybridized carbons (Fsp3) is 0.346. The van der Waals surface area contributed by atoms with Gasteiger partial charge in [-0.1, -0.05) is 6.07 Å². The second kappa shape index (κ2) is 9.23. The number of pyridine rings is 1. The maximum absolute atomic E-state index is 12.8. The highest BCUT2D eigenvalue weighted by Crippen LogP contribution is 2.32. The number of nitrogens with zero attached hydrogens (tertiary/aromatic N) is 4. The lowest BCUT2D eigenvalue weighted by Gasteiger charge is -2.33. The highest BCUT2D eigenvalue weighted by atomic mass is 16.6. The monoisotopic (exact) mass is 504 g/mol. The van der Waals surface area contributed by atoms with Gasteiger partial charge in [0.1, 0.15) is 16.8 Å². The van der Waals surface area contributed by atoms with E-state index in [0.29, 0.717) is 52.9 Å². The molecule has 3 aromatic heterocycles. The van der Waals surface area contributed by atoms with Gasteiger partial charge in [0.2, 0.25) is 0 Å². The van der Waals surface area contributed by atoms with Crippen LogP contribution in [0.15, 0.2) is 53.6 Å². The van der Waals surface area contributed by atoms with Crippen molar-refractivity contribution in [2.45, 2.75) is 45.1 Å². The number of amides is 2. The van der Waals surface area contributed by atoms with E-state index in [1.54, 1.807) is 39.7 Å². The largest absolute Gasteiger partial charge is 0.619 e. The van der Waals surface area contributed by atoms with Crippen molar-refractivity contribution in [3.05, 3.63) is 75.6 Å². The number of hydrogen-bond donors (Lipinski definition) is 2. The van der Waals surface area contributed by atoms with Gasteiger partial charge in [0.25, 0.3) is 11.5 Å². The number of ether oxygens (including phenoxy) is 1. The highest BCUT2D eigenvalue weighted by molar-refractivity contribution is 6.11. The quantitative estimate of drug-likeness (QED) is 0.325. The number of hydrogen-bond acceptors (Lipinski definition) is 6. The van der Waals surface area contributed by atoms with Gasteiger partial charge < -0.3 is 25.1 Å². The lowest BCUT2D eigenvalue weighted by molar-refractivity contribution is -0.605. The van der Waals surface area contributed by atoms with Crippen LogP contribution in [0.3, 0.4) is 0 Å². The van der Waals surface area contributed by atoms with Gasteiger partial charge in [0, 0.05) is 31.1 Å². The Kier molecular flexibility index (Phi) is 6.06. The van der Waals surface area contributed by atoms with Gasteiger partial charge in [-0.05, 0) is 51.8 Å². The summed E-state index contributed by atoms with van der Waals surface area (Å²) in [5.41, 5.74) is 1.63. The van der Waals surface area contributed by atoms with E-state index in [1.807, 2.05) is 20.8 Å². The Hall–Kier alpha value is -4.41. The van der Waals surface area contributed by atoms with Gasteiger partial charge in [0.15, 0.2) is 12.4 Å². The molecule has 0 atom stereocenters. The maximum Gasteiger partial charge on any atom is 0.410 e. The minimum atomic E-state index is -0.564. The third kappa shape index (κ3) is 4.97. The van der Waals surface area contributed by atoms with Gasteiger partial charge in [-0.3, -0.25) is 9.59 Å². The molecule has 11 heteroatoms. The summed E-state index contributed by atoms with van der Waals surface area (Å²) in [6.45, 7) is 6.52. The normalized spacial score (nSPS) is 14.7. The molecule has 0 aliphatic carbocycles. The summed E-state index contributed by atoms with van der Waals surface area (Å²) in [5.74, 6) is -0.447. The predicted molar refractivity (Wildman–Crippen MR) is 136 cm³/mol. The first kappa shape index (κ1) is 24.3. The molecule has 1 aliphatic rings. The number of H-pyrrole nitrogens is 1. The van der Waals surface area contributed by atoms with Crippen molar-refractivity contribution in [2.75, 3.05) is 18.4 Å². The fourth-order valence-electron chi connectivity index (χ4n) is 4.65. The Morgan fingerprint density at radius 2 is 1.95 bits per heavy atom. The topological polar surface area (TPSA) is 136 Å². The molecule has 0 radical (unpaired) electrons. The van der Waals surface area contributed by atoms with E-state index in [-0.39, 0.29) is 23.1 Å². The first-order valence-corrected chi connectivity index (χ1v) is 12.1. The number of aromatic nitrogens is 4. The van der Waals surface area contributed by atoms with Crippen LogP contribution in [0, 0.1) is 5.21 Å². The third-order valence-corrected chi connectivity index (χ3v) is 6.31. The zero-order valence-corrected chi connectivity index (χ0v) is 20.9. The zero-order valence-electron chi connectivity index (χ0n) is 20.9. The molecule has 5 rings (SSSR count). The summed E-state index contributed by atoms with van der Waals surface area (Å²) in [5, 5.41) is 19.7. The van der Waals surface area contributed by atoms with Crippen LogP contribution >= 0.6 is 0 Å². The van der Waals surface area contributed by atoms with Gasteiger partial charge in [-0.25, -0.2) is 9.31 Å². The van der Waals surface area contributed by atoms with Gasteiger partial charge in [-0.2, -0.15) is 9.83 Å². The molecule has 0 saturated carbocycles. The van der Waals surface area contributed by atoms with E-state index in [9.17, 15) is 19.6 Å². The molecule has 11 nitrogen and oxygen atoms in total. The summed E-state index contributed by atoms with van der Waals surface area (Å²) in [6, 6.07) is 9.88. The highest BCUT2D eigenvalue weighted by Gasteiger charge is 2.29. The van der Waals surface area contributed by atoms with Gasteiger partial charge >= 0.3 is 6.09 Å². The molecule has 37 heavy (non-hydrogen) atoms. The second-order valence-corrected chi connectivity index (χ2v) is 10.2. The lowest BCUT2D eigenvalue weighted by Crippen LogP contribution is -2.41. The molecule has 1 aliphatic heterocycles. The number of carbonyl (C=O) groups is 2. The number of nitrogens with one attached hydrogen (secondary N) is 2. The van der Waals surface area contributed by atoms with Crippen molar-refractivity contribution in [3.8, 4) is 0 Å². The van der Waals surface area contributed by atoms with Crippen LogP contribution in [-0.4, -0.2) is 50.2 Å². The number of aromatic amines is 1. The number of benzene rings is 1. The number of anilines is 1. The smallest absolute Gasteiger partial charge is 0.410 e. The number of fused-ring (bicyclic) bond motifs is 3. The van der Waals surface area contributed by atoms with Crippen LogP contribution in [0.2, 0.25) is 0 Å². The SMILES string of the molecule is CC(C)(C)OC(=O)N1CCC(c2cc(=O)[nH]c3c4c(NC(=O)c5ccc[n+]([O-])c5)cccc4nn23)CC1. The van der Waals surface area contributed by atoms with Crippen molar-refractivity contribution >= 4 is 34.2 Å². The van der Waals surface area contributed by atoms with Crippen molar-refractivity contribution in [2.24, 2.45) is 0 Å². The first-order valence-electron chi connectivity index (χ1n) is 12.1. The van der Waals surface area contributed by atoms with Crippen molar-refractivity contribution in [1.29, 1.82) is 0 Å². The van der Waals surface area contributed by atoms with Gasteiger partial charge in [0.05, 0.1) is 22.3 Å². The Morgan fingerprint density at radius 3 is 2.65 bits per heavy atom. The Balaban J connectivity index is 1.46. The standard InChI is InChI=1S/C26H28N6O5/c1-26(2,3)37-25(35)30-12-9-16(10-13-30)20-14-21(33)28-23-22-18(7-4-8-19(22)29-32(20)23)27-24(34)17-6-5-11-31(36)15-17/h4-8,11,14-16H,9-10,12-13H2,1-3H3,(H,27,34)(H,28,33). The molecule has 0 spiro atoms. The van der Waals surface area contributed by atoms with Crippen LogP contribution < -0.4 is 15.6 Å². The fourth-order valence-corrected chi connectivity index (χ4v) is 4.65. The number of piperidine rings is 1. The van der Waals surface area contributed by atoms with E-state index >= 15 is 0 Å². The van der Waals surface area contributed by atoms with E-state index < -0.39 is 11.5 Å². The maximum atomic E-state index is 12.8. The summed E-state index contributed by atoms with van der Waals surface area (Å²) in [6.07, 6.45) is 3.46. The molecule has 2 N–H and O–H groups in total. The summed E-state index contributed by atoms with van der Waals surface area (Å²) < 4.78 is 7.76. The molecular formula is C26H28N6O5. The van der Waals surface area contributed by atoms with E-state index in [1.165, 1.54) is 18.5 Å². The predicted octanol–water partition coefficient (Wildman–Crippen LogP) is 3.18. The molecule has 0 bridgehead atoms. The zero-order chi connectivity index (χ0) is 26.3. The Morgan fingerprint density at radius 1 is 1.19 bits per heavy atom. The van der Waals surface area contributed by atoms with E-state index in [2.05, 4.69) is 10.3 Å². The molecule has 1 aromatic carbocycles. The molecule has 2 amide bonds. The average Bonchev–Trinajstić information content (AvgIpc) is 3.22. The Labute approximate surface area is 212 Å². The second-order valence-electron chi connectivity index (χ2n) is 10.2. The third-order valence-electron chi connectivity index (χ3n) is 6.31. The van der Waals surface area contributed by atoms with Crippen LogP contribution in [0.1, 0.15) is 55.6 Å². The van der Waals surface area contributed by atoms with Crippen LogP contribution in [0.25, 0.3) is 16.6 Å². The van der Waals surface area contributed by atoms with Crippen LogP contribution in [0.5, 0.6) is 0 Å². The summed E-state index contributed by atoms with van der Waals surface area (Å²) in [7, 11) is 0. The van der Waals surface area contributed by atoms with Crippen LogP contribution in [0.4, 0.5) is 10.5 Å². The molecular weight excluding hydrogens is 476 g/mol. The van der Waals surface area contributed by atoms with E-state index in [4.69, 9.17) is 9.84 Å². The number of rotatable bonds is 3. The molecule has 0 unspecified atom stereocenters. The molecule has 4 heterocycles. The van der Waals surface area contributed by atoms with Crippen molar-refractivity contribution in [1.82, 2.24) is 19.5 Å². The number of carbonyl (C=O) groups excluding carboxylic acids is 2. The Bertz CT molecular complexity index is 1560. The van der Waals surface area contributed by atoms with E-state index in [0.717, 1.165) is 5.69 Å². The number of likely N-dealkylation sites (tertiary alicyclic amines) is 1. The lowest BCUT2D eigenvalue weighted by atomic mass is 9.93. The summed E-state index contributed by atoms with van der Waals surface area (Å²) in [4.78, 5) is 42.5. The molecule has 1 fully saturated rings. The first-order chi connectivity index (χ1) is 17.6. The molecule has 1 saturated heterocycles. The van der Waals surface area contributed by atoms with Crippen molar-refractivity contribution < 1.29 is 19.1 Å². The minimum Gasteiger partial charge on any atom is -0.619 e. The molecule has 192 valence electrons. The van der Waals surface area contributed by atoms with Crippen molar-refractivity contribution in [3.63, 3.8) is 0 Å². The average molecular weight is 505 g/mol. The molecule has 4 aromatic rings. The van der Waals surface area contributed by atoms with Crippen LogP contribution in [-0.2, 0) is 4.74 Å². The van der Waals surface area contributed by atoms with Gasteiger partial charge in [-0.15, -0.1) is 0 Å². The summed E-state index contributed by atoms with van der Waals surface area (Å²) >= 11 is 0. The minimum absolute atomic E-state index is 0.00709.